The van der Waals surface area contributed by atoms with Gasteiger partial charge in [0, 0.05) is 11.9 Å². The molecule has 1 aliphatic heterocycles. The lowest BCUT2D eigenvalue weighted by Gasteiger charge is -2.21. The summed E-state index contributed by atoms with van der Waals surface area (Å²) in [4.78, 5) is 16.6. The van der Waals surface area contributed by atoms with Crippen molar-refractivity contribution in [1.82, 2.24) is 10.3 Å². The van der Waals surface area contributed by atoms with Gasteiger partial charge >= 0.3 is 0 Å². The molecule has 104 valence electrons. The highest BCUT2D eigenvalue weighted by molar-refractivity contribution is 7.09. The number of carbonyl (C=O) groups is 1. The van der Waals surface area contributed by atoms with Crippen LogP contribution in [-0.2, 0) is 6.54 Å². The number of ether oxygens (including phenoxy) is 1. The van der Waals surface area contributed by atoms with Crippen LogP contribution < -0.4 is 15.4 Å². The van der Waals surface area contributed by atoms with Crippen LogP contribution in [0.3, 0.4) is 0 Å². The van der Waals surface area contributed by atoms with Gasteiger partial charge in [0.05, 0.1) is 28.5 Å². The molecule has 0 saturated heterocycles. The number of nitrogens with one attached hydrogen (secondary N) is 2. The molecule has 1 aromatic carbocycles. The third-order valence-electron chi connectivity index (χ3n) is 3.02. The van der Waals surface area contributed by atoms with Crippen molar-refractivity contribution in [2.24, 2.45) is 0 Å². The van der Waals surface area contributed by atoms with Gasteiger partial charge in [0.15, 0.2) is 5.75 Å². The molecular formula is C14H15N3O2S. The van der Waals surface area contributed by atoms with Gasteiger partial charge in [0.25, 0.3) is 5.91 Å². The Balaban J connectivity index is 1.74. The zero-order chi connectivity index (χ0) is 13.9. The summed E-state index contributed by atoms with van der Waals surface area (Å²) >= 11 is 1.58. The van der Waals surface area contributed by atoms with E-state index >= 15 is 0 Å². The van der Waals surface area contributed by atoms with Crippen LogP contribution in [-0.4, -0.2) is 24.0 Å². The molecule has 2 heterocycles. The summed E-state index contributed by atoms with van der Waals surface area (Å²) in [5.74, 6) is 0.488. The Hall–Kier alpha value is -2.08. The molecule has 2 aromatic rings. The smallest absolute Gasteiger partial charge is 0.255 e. The highest BCUT2D eigenvalue weighted by Crippen LogP contribution is 2.31. The van der Waals surface area contributed by atoms with Crippen molar-refractivity contribution in [3.05, 3.63) is 39.8 Å². The van der Waals surface area contributed by atoms with Crippen LogP contribution in [0.4, 0.5) is 5.69 Å². The molecule has 20 heavy (non-hydrogen) atoms. The molecule has 0 unspecified atom stereocenters. The predicted octanol–water partition coefficient (Wildman–Crippen LogP) is 2.19. The maximum absolute atomic E-state index is 12.3. The predicted molar refractivity (Wildman–Crippen MR) is 78.4 cm³/mol. The number of nitrogens with zero attached hydrogens (tertiary/aromatic N) is 1. The number of aromatic nitrogens is 1. The maximum atomic E-state index is 12.3. The SMILES string of the molecule is Cc1nc(CNC(=O)c2cccc3c2OCCN3)cs1. The lowest BCUT2D eigenvalue weighted by molar-refractivity contribution is 0.0946. The lowest BCUT2D eigenvalue weighted by Crippen LogP contribution is -2.26. The third-order valence-corrected chi connectivity index (χ3v) is 3.84. The van der Waals surface area contributed by atoms with Crippen LogP contribution in [0.1, 0.15) is 21.1 Å². The highest BCUT2D eigenvalue weighted by atomic mass is 32.1. The quantitative estimate of drug-likeness (QED) is 0.909. The number of anilines is 1. The van der Waals surface area contributed by atoms with E-state index in [0.717, 1.165) is 22.9 Å². The number of amides is 1. The van der Waals surface area contributed by atoms with Crippen LogP contribution in [0.5, 0.6) is 5.75 Å². The Morgan fingerprint density at radius 3 is 3.25 bits per heavy atom. The van der Waals surface area contributed by atoms with E-state index in [-0.39, 0.29) is 5.91 Å². The monoisotopic (exact) mass is 289 g/mol. The number of benzene rings is 1. The molecule has 0 fully saturated rings. The van der Waals surface area contributed by atoms with Gasteiger partial charge < -0.3 is 15.4 Å². The first-order chi connectivity index (χ1) is 9.74. The van der Waals surface area contributed by atoms with Gasteiger partial charge in [0.2, 0.25) is 0 Å². The Kier molecular flexibility index (Phi) is 3.56. The van der Waals surface area contributed by atoms with Crippen molar-refractivity contribution in [1.29, 1.82) is 0 Å². The van der Waals surface area contributed by atoms with Crippen molar-refractivity contribution in [2.75, 3.05) is 18.5 Å². The molecule has 0 spiro atoms. The fourth-order valence-electron chi connectivity index (χ4n) is 2.10. The minimum atomic E-state index is -0.142. The summed E-state index contributed by atoms with van der Waals surface area (Å²) in [5.41, 5.74) is 2.31. The highest BCUT2D eigenvalue weighted by Gasteiger charge is 2.18. The van der Waals surface area contributed by atoms with Crippen LogP contribution in [0.15, 0.2) is 23.6 Å². The van der Waals surface area contributed by atoms with E-state index in [9.17, 15) is 4.79 Å². The van der Waals surface area contributed by atoms with Crippen molar-refractivity contribution in [3.63, 3.8) is 0 Å². The molecular weight excluding hydrogens is 274 g/mol. The molecule has 5 nitrogen and oxygen atoms in total. The number of thiazole rings is 1. The topological polar surface area (TPSA) is 63.2 Å². The Morgan fingerprint density at radius 2 is 2.45 bits per heavy atom. The van der Waals surface area contributed by atoms with Gasteiger partial charge in [0.1, 0.15) is 6.61 Å². The van der Waals surface area contributed by atoms with Crippen LogP contribution in [0.25, 0.3) is 0 Å². The van der Waals surface area contributed by atoms with Gasteiger partial charge in [-0.3, -0.25) is 4.79 Å². The summed E-state index contributed by atoms with van der Waals surface area (Å²) in [6.07, 6.45) is 0. The summed E-state index contributed by atoms with van der Waals surface area (Å²) < 4.78 is 5.59. The standard InChI is InChI=1S/C14H15N3O2S/c1-9-17-10(8-20-9)7-16-14(18)11-3-2-4-12-13(11)19-6-5-15-12/h2-4,8,15H,5-7H2,1H3,(H,16,18). The fraction of sp³-hybridized carbons (Fsp3) is 0.286. The number of hydrogen-bond acceptors (Lipinski definition) is 5. The zero-order valence-corrected chi connectivity index (χ0v) is 11.9. The summed E-state index contributed by atoms with van der Waals surface area (Å²) in [6.45, 7) is 3.71. The number of rotatable bonds is 3. The van der Waals surface area contributed by atoms with Gasteiger partial charge in [-0.05, 0) is 19.1 Å². The summed E-state index contributed by atoms with van der Waals surface area (Å²) in [6, 6.07) is 5.53. The Morgan fingerprint density at radius 1 is 1.55 bits per heavy atom. The fourth-order valence-corrected chi connectivity index (χ4v) is 2.72. The zero-order valence-electron chi connectivity index (χ0n) is 11.1. The number of fused-ring (bicyclic) bond motifs is 1. The number of para-hydroxylation sites is 1. The molecule has 0 saturated carbocycles. The van der Waals surface area contributed by atoms with E-state index in [2.05, 4.69) is 15.6 Å². The van der Waals surface area contributed by atoms with Gasteiger partial charge in [-0.1, -0.05) is 6.07 Å². The molecule has 0 atom stereocenters. The van der Waals surface area contributed by atoms with E-state index < -0.39 is 0 Å². The lowest BCUT2D eigenvalue weighted by atomic mass is 10.1. The van der Waals surface area contributed by atoms with E-state index in [4.69, 9.17) is 4.74 Å². The van der Waals surface area contributed by atoms with Crippen LogP contribution in [0, 0.1) is 6.92 Å². The normalized spacial score (nSPS) is 13.1. The van der Waals surface area contributed by atoms with Gasteiger partial charge in [-0.15, -0.1) is 11.3 Å². The Bertz CT molecular complexity index is 639. The van der Waals surface area contributed by atoms with Gasteiger partial charge in [-0.25, -0.2) is 4.98 Å². The average Bonchev–Trinajstić information content (AvgIpc) is 2.90. The molecule has 3 rings (SSSR count). The molecule has 1 aliphatic rings. The minimum absolute atomic E-state index is 0.142. The van der Waals surface area contributed by atoms with Gasteiger partial charge in [-0.2, -0.15) is 0 Å². The minimum Gasteiger partial charge on any atom is -0.489 e. The van der Waals surface area contributed by atoms with Crippen LogP contribution >= 0.6 is 11.3 Å². The maximum Gasteiger partial charge on any atom is 0.255 e. The van der Waals surface area contributed by atoms with E-state index in [0.29, 0.717) is 24.5 Å². The average molecular weight is 289 g/mol. The molecule has 6 heteroatoms. The van der Waals surface area contributed by atoms with E-state index in [1.165, 1.54) is 0 Å². The molecule has 0 radical (unpaired) electrons. The van der Waals surface area contributed by atoms with Crippen molar-refractivity contribution >= 4 is 22.9 Å². The Labute approximate surface area is 121 Å². The molecule has 1 aromatic heterocycles. The van der Waals surface area contributed by atoms with Crippen LogP contribution in [0.2, 0.25) is 0 Å². The van der Waals surface area contributed by atoms with Crippen molar-refractivity contribution in [2.45, 2.75) is 13.5 Å². The first-order valence-corrected chi connectivity index (χ1v) is 7.31. The number of aryl methyl sites for hydroxylation is 1. The van der Waals surface area contributed by atoms with Crippen molar-refractivity contribution < 1.29 is 9.53 Å². The number of hydrogen-bond donors (Lipinski definition) is 2. The van der Waals surface area contributed by atoms with E-state index in [1.807, 2.05) is 24.4 Å². The first-order valence-electron chi connectivity index (χ1n) is 6.43. The molecule has 1 amide bonds. The second-order valence-corrected chi connectivity index (χ2v) is 5.56. The third kappa shape index (κ3) is 2.60. The van der Waals surface area contributed by atoms with E-state index in [1.54, 1.807) is 17.4 Å². The first kappa shape index (κ1) is 12.9. The largest absolute Gasteiger partial charge is 0.489 e. The molecule has 0 bridgehead atoms. The number of carbonyl (C=O) groups excluding carboxylic acids is 1. The van der Waals surface area contributed by atoms with Crippen molar-refractivity contribution in [3.8, 4) is 5.75 Å². The summed E-state index contributed by atoms with van der Waals surface area (Å²) in [5, 5.41) is 9.05. The molecule has 0 aliphatic carbocycles. The second kappa shape index (κ2) is 5.50. The second-order valence-electron chi connectivity index (χ2n) is 4.50. The summed E-state index contributed by atoms with van der Waals surface area (Å²) in [7, 11) is 0. The molecule has 2 N–H and O–H groups in total.